The summed E-state index contributed by atoms with van der Waals surface area (Å²) in [6.45, 7) is 0.688. The molecule has 0 unspecified atom stereocenters. The number of fused-ring (bicyclic) bond motifs is 1. The number of carbonyl (C=O) groups excluding carboxylic acids is 1. The molecule has 2 aliphatic rings. The minimum absolute atomic E-state index is 0.104. The van der Waals surface area contributed by atoms with Crippen LogP contribution in [0.5, 0.6) is 0 Å². The number of Topliss-reactive ketones (excluding diaryl/α,β-unsaturated/α-hetero) is 1. The fourth-order valence-corrected chi connectivity index (χ4v) is 1.93. The number of carboxylic acid groups (broad SMARTS) is 1. The molecule has 0 spiro atoms. The second-order valence-corrected chi connectivity index (χ2v) is 3.18. The first-order valence-corrected chi connectivity index (χ1v) is 3.69. The number of rotatable bonds is 1. The van der Waals surface area contributed by atoms with E-state index < -0.39 is 12.0 Å². The third-order valence-electron chi connectivity index (χ3n) is 2.57. The fraction of sp³-hybridized carbons (Fsp3) is 0.714. The van der Waals surface area contributed by atoms with E-state index in [2.05, 4.69) is 5.32 Å². The molecule has 2 N–H and O–H groups in total. The molecular formula is C7H9NO3. The maximum atomic E-state index is 10.9. The van der Waals surface area contributed by atoms with Crippen LogP contribution < -0.4 is 5.32 Å². The van der Waals surface area contributed by atoms with Crippen LogP contribution in [0.1, 0.15) is 6.42 Å². The molecule has 1 saturated carbocycles. The Morgan fingerprint density at radius 1 is 1.64 bits per heavy atom. The van der Waals surface area contributed by atoms with Gasteiger partial charge in [-0.2, -0.15) is 0 Å². The maximum Gasteiger partial charge on any atom is 0.321 e. The lowest BCUT2D eigenvalue weighted by atomic mass is 9.72. The Bertz CT molecular complexity index is 218. The predicted molar refractivity (Wildman–Crippen MR) is 36.0 cm³/mol. The SMILES string of the molecule is O=C1C[C@H]2CN[C@@H](C(=O)O)[C@H]12. The number of aliphatic carboxylic acids is 1. The highest BCUT2D eigenvalue weighted by Gasteiger charge is 2.51. The Morgan fingerprint density at radius 3 is 2.82 bits per heavy atom. The van der Waals surface area contributed by atoms with Gasteiger partial charge in [-0.3, -0.25) is 9.59 Å². The lowest BCUT2D eigenvalue weighted by molar-refractivity contribution is -0.146. The fourth-order valence-electron chi connectivity index (χ4n) is 1.93. The average Bonchev–Trinajstić information content (AvgIpc) is 2.25. The third kappa shape index (κ3) is 0.790. The van der Waals surface area contributed by atoms with Gasteiger partial charge < -0.3 is 10.4 Å². The number of carbonyl (C=O) groups is 2. The first-order chi connectivity index (χ1) is 5.20. The number of nitrogens with one attached hydrogen (secondary N) is 1. The van der Waals surface area contributed by atoms with E-state index in [1.807, 2.05) is 0 Å². The van der Waals surface area contributed by atoms with Crippen molar-refractivity contribution < 1.29 is 14.7 Å². The molecule has 4 heteroatoms. The smallest absolute Gasteiger partial charge is 0.321 e. The van der Waals surface area contributed by atoms with Crippen LogP contribution in [-0.2, 0) is 9.59 Å². The van der Waals surface area contributed by atoms with E-state index in [0.717, 1.165) is 0 Å². The van der Waals surface area contributed by atoms with Gasteiger partial charge in [0.25, 0.3) is 0 Å². The molecule has 1 aliphatic heterocycles. The molecule has 0 aromatic carbocycles. The second kappa shape index (κ2) is 2.04. The molecule has 4 nitrogen and oxygen atoms in total. The molecule has 0 aromatic rings. The molecule has 0 radical (unpaired) electrons. The van der Waals surface area contributed by atoms with Crippen LogP contribution in [-0.4, -0.2) is 29.4 Å². The standard InChI is InChI=1S/C7H9NO3/c9-4-1-3-2-8-6(5(3)4)7(10)11/h3,5-6,8H,1-2H2,(H,10,11)/t3-,5-,6+/m0/s1. The second-order valence-electron chi connectivity index (χ2n) is 3.18. The van der Waals surface area contributed by atoms with Gasteiger partial charge in [-0.25, -0.2) is 0 Å². The highest BCUT2D eigenvalue weighted by atomic mass is 16.4. The van der Waals surface area contributed by atoms with Gasteiger partial charge in [0, 0.05) is 12.3 Å². The van der Waals surface area contributed by atoms with E-state index >= 15 is 0 Å². The normalized spacial score (nSPS) is 41.5. The quantitative estimate of drug-likeness (QED) is 0.522. The number of carboxylic acids is 1. The van der Waals surface area contributed by atoms with Gasteiger partial charge in [0.1, 0.15) is 11.8 Å². The molecule has 1 aliphatic carbocycles. The van der Waals surface area contributed by atoms with Gasteiger partial charge in [-0.1, -0.05) is 0 Å². The van der Waals surface area contributed by atoms with Crippen LogP contribution in [0, 0.1) is 11.8 Å². The monoisotopic (exact) mass is 155 g/mol. The summed E-state index contributed by atoms with van der Waals surface area (Å²) in [6.07, 6.45) is 0.571. The van der Waals surface area contributed by atoms with Gasteiger partial charge in [0.05, 0.1) is 0 Å². The molecule has 60 valence electrons. The number of ketones is 1. The molecule has 1 saturated heterocycles. The van der Waals surface area contributed by atoms with Crippen LogP contribution in [0.4, 0.5) is 0 Å². The van der Waals surface area contributed by atoms with Crippen LogP contribution in [0.15, 0.2) is 0 Å². The van der Waals surface area contributed by atoms with Crippen molar-refractivity contribution in [1.29, 1.82) is 0 Å². The topological polar surface area (TPSA) is 66.4 Å². The highest BCUT2D eigenvalue weighted by Crippen LogP contribution is 2.37. The highest BCUT2D eigenvalue weighted by molar-refractivity contribution is 5.94. The molecule has 3 atom stereocenters. The Morgan fingerprint density at radius 2 is 2.36 bits per heavy atom. The van der Waals surface area contributed by atoms with Crippen molar-refractivity contribution in [2.75, 3.05) is 6.54 Å². The summed E-state index contributed by atoms with van der Waals surface area (Å²) >= 11 is 0. The summed E-state index contributed by atoms with van der Waals surface area (Å²) in [5.74, 6) is -0.728. The summed E-state index contributed by atoms with van der Waals surface area (Å²) in [5.41, 5.74) is 0. The molecule has 1 heterocycles. The summed E-state index contributed by atoms with van der Waals surface area (Å²) < 4.78 is 0. The van der Waals surface area contributed by atoms with E-state index in [1.165, 1.54) is 0 Å². The first-order valence-electron chi connectivity index (χ1n) is 3.69. The molecule has 2 rings (SSSR count). The van der Waals surface area contributed by atoms with Crippen LogP contribution in [0.2, 0.25) is 0 Å². The van der Waals surface area contributed by atoms with E-state index in [9.17, 15) is 9.59 Å². The van der Waals surface area contributed by atoms with Gasteiger partial charge in [0.15, 0.2) is 0 Å². The van der Waals surface area contributed by atoms with Crippen molar-refractivity contribution >= 4 is 11.8 Å². The van der Waals surface area contributed by atoms with Gasteiger partial charge in [-0.05, 0) is 12.5 Å². The Kier molecular flexibility index (Phi) is 1.26. The number of hydrogen-bond donors (Lipinski definition) is 2. The van der Waals surface area contributed by atoms with Gasteiger partial charge >= 0.3 is 5.97 Å². The zero-order chi connectivity index (χ0) is 8.01. The van der Waals surface area contributed by atoms with E-state index in [4.69, 9.17) is 5.11 Å². The summed E-state index contributed by atoms with van der Waals surface area (Å²) in [7, 11) is 0. The zero-order valence-electron chi connectivity index (χ0n) is 5.91. The molecule has 0 aromatic heterocycles. The largest absolute Gasteiger partial charge is 0.480 e. The summed E-state index contributed by atoms with van der Waals surface area (Å²) in [4.78, 5) is 21.4. The van der Waals surface area contributed by atoms with E-state index in [1.54, 1.807) is 0 Å². The van der Waals surface area contributed by atoms with Crippen molar-refractivity contribution in [3.8, 4) is 0 Å². The Hall–Kier alpha value is -0.900. The molecular weight excluding hydrogens is 146 g/mol. The van der Waals surface area contributed by atoms with Crippen molar-refractivity contribution in [1.82, 2.24) is 5.32 Å². The maximum absolute atomic E-state index is 10.9. The molecule has 11 heavy (non-hydrogen) atoms. The third-order valence-corrected chi connectivity index (χ3v) is 2.57. The Balaban J connectivity index is 2.14. The number of hydrogen-bond acceptors (Lipinski definition) is 3. The average molecular weight is 155 g/mol. The van der Waals surface area contributed by atoms with E-state index in [-0.39, 0.29) is 11.7 Å². The van der Waals surface area contributed by atoms with Crippen molar-refractivity contribution in [2.45, 2.75) is 12.5 Å². The van der Waals surface area contributed by atoms with Gasteiger partial charge in [0.2, 0.25) is 0 Å². The van der Waals surface area contributed by atoms with E-state index in [0.29, 0.717) is 18.9 Å². The molecule has 0 bridgehead atoms. The minimum atomic E-state index is -0.898. The van der Waals surface area contributed by atoms with Crippen LogP contribution in [0.25, 0.3) is 0 Å². The van der Waals surface area contributed by atoms with Gasteiger partial charge in [-0.15, -0.1) is 0 Å². The van der Waals surface area contributed by atoms with Crippen LogP contribution in [0.3, 0.4) is 0 Å². The van der Waals surface area contributed by atoms with Crippen LogP contribution >= 0.6 is 0 Å². The predicted octanol–water partition coefficient (Wildman–Crippen LogP) is -0.752. The van der Waals surface area contributed by atoms with Crippen molar-refractivity contribution in [3.05, 3.63) is 0 Å². The lowest BCUT2D eigenvalue weighted by Gasteiger charge is -2.29. The minimum Gasteiger partial charge on any atom is -0.480 e. The Labute approximate surface area is 63.6 Å². The molecule has 0 amide bonds. The lowest BCUT2D eigenvalue weighted by Crippen LogP contribution is -2.44. The van der Waals surface area contributed by atoms with Crippen molar-refractivity contribution in [2.24, 2.45) is 11.8 Å². The molecule has 2 fully saturated rings. The first kappa shape index (κ1) is 6.79. The summed E-state index contributed by atoms with van der Waals surface area (Å²) in [5, 5.41) is 11.5. The van der Waals surface area contributed by atoms with Crippen molar-refractivity contribution in [3.63, 3.8) is 0 Å². The zero-order valence-corrected chi connectivity index (χ0v) is 5.91. The summed E-state index contributed by atoms with van der Waals surface area (Å²) in [6, 6.07) is -0.610.